The number of benzene rings is 3. The second kappa shape index (κ2) is 12.0. The Labute approximate surface area is 268 Å². The molecule has 0 spiro atoms. The third kappa shape index (κ3) is 6.25. The van der Waals surface area contributed by atoms with Gasteiger partial charge in [0.2, 0.25) is 0 Å². The Morgan fingerprint density at radius 1 is 0.978 bits per heavy atom. The predicted molar refractivity (Wildman–Crippen MR) is 180 cm³/mol. The van der Waals surface area contributed by atoms with E-state index in [0.717, 1.165) is 40.3 Å². The lowest BCUT2D eigenvalue weighted by Gasteiger charge is -2.57. The van der Waals surface area contributed by atoms with E-state index in [1.165, 1.54) is 61.4 Å². The first-order valence-corrected chi connectivity index (χ1v) is 16.6. The van der Waals surface area contributed by atoms with Gasteiger partial charge in [0.05, 0.1) is 17.7 Å². The number of nitrogens with one attached hydrogen (secondary N) is 2. The highest BCUT2D eigenvalue weighted by Gasteiger charge is 2.51. The molecule has 2 N–H and O–H groups in total. The van der Waals surface area contributed by atoms with E-state index in [1.807, 2.05) is 44.2 Å². The molecule has 4 bridgehead atoms. The largest absolute Gasteiger partial charge is 0.493 e. The van der Waals surface area contributed by atoms with Crippen LogP contribution in [-0.2, 0) is 15.0 Å². The fourth-order valence-corrected chi connectivity index (χ4v) is 9.11. The van der Waals surface area contributed by atoms with Crippen molar-refractivity contribution in [3.63, 3.8) is 0 Å². The van der Waals surface area contributed by atoms with E-state index in [-0.39, 0.29) is 18.4 Å². The minimum atomic E-state index is -0.236. The summed E-state index contributed by atoms with van der Waals surface area (Å²) in [6, 6.07) is 19.9. The highest BCUT2D eigenvalue weighted by Crippen LogP contribution is 2.60. The normalized spacial score (nSPS) is 26.7. The van der Waals surface area contributed by atoms with Crippen molar-refractivity contribution in [2.75, 3.05) is 19.0 Å². The van der Waals surface area contributed by atoms with Gasteiger partial charge < -0.3 is 20.1 Å². The number of anilines is 1. The van der Waals surface area contributed by atoms with Crippen LogP contribution in [0.15, 0.2) is 70.6 Å². The fourth-order valence-electron chi connectivity index (χ4n) is 8.28. The number of hydrogen-bond donors (Lipinski definition) is 2. The Bertz CT molecular complexity index is 1680. The number of amides is 2. The maximum atomic E-state index is 12.8. The average molecular weight is 622 g/mol. The molecule has 1 aliphatic heterocycles. The molecule has 4 saturated carbocycles. The van der Waals surface area contributed by atoms with Crippen LogP contribution in [0.2, 0.25) is 0 Å². The minimum Gasteiger partial charge on any atom is -0.493 e. The molecule has 2 amide bonds. The number of amidine groups is 1. The number of aliphatic imine (C=N–C) groups is 1. The van der Waals surface area contributed by atoms with Crippen LogP contribution in [0.3, 0.4) is 0 Å². The molecule has 5 fully saturated rings. The van der Waals surface area contributed by atoms with Crippen molar-refractivity contribution in [3.05, 3.63) is 87.8 Å². The summed E-state index contributed by atoms with van der Waals surface area (Å²) >= 11 is 1.29. The van der Waals surface area contributed by atoms with E-state index in [2.05, 4.69) is 33.8 Å². The number of ether oxygens (including phenoxy) is 2. The van der Waals surface area contributed by atoms with Gasteiger partial charge in [0.15, 0.2) is 23.3 Å². The molecule has 5 aliphatic rings. The molecule has 4 aliphatic carbocycles. The molecular formula is C37H39N3O4S. The highest BCUT2D eigenvalue weighted by atomic mass is 32.2. The average Bonchev–Trinajstić information content (AvgIpc) is 3.35. The molecule has 7 nitrogen and oxygen atoms in total. The second-order valence-electron chi connectivity index (χ2n) is 13.3. The number of hydrogen-bond acceptors (Lipinski definition) is 6. The molecule has 8 rings (SSSR count). The van der Waals surface area contributed by atoms with E-state index in [0.29, 0.717) is 27.0 Å². The van der Waals surface area contributed by atoms with Gasteiger partial charge in [-0.3, -0.25) is 9.59 Å². The molecule has 0 atom stereocenters. The van der Waals surface area contributed by atoms with Gasteiger partial charge in [-0.25, -0.2) is 4.99 Å². The number of aryl methyl sites for hydroxylation is 2. The van der Waals surface area contributed by atoms with Crippen LogP contribution < -0.4 is 20.1 Å². The Morgan fingerprint density at radius 2 is 1.69 bits per heavy atom. The van der Waals surface area contributed by atoms with Gasteiger partial charge in [0, 0.05) is 5.69 Å². The van der Waals surface area contributed by atoms with E-state index >= 15 is 0 Å². The predicted octanol–water partition coefficient (Wildman–Crippen LogP) is 7.69. The van der Waals surface area contributed by atoms with Crippen molar-refractivity contribution < 1.29 is 19.1 Å². The van der Waals surface area contributed by atoms with Gasteiger partial charge in [-0.05, 0) is 140 Å². The van der Waals surface area contributed by atoms with Crippen LogP contribution in [0.1, 0.15) is 60.8 Å². The Morgan fingerprint density at radius 3 is 2.36 bits per heavy atom. The third-order valence-corrected chi connectivity index (χ3v) is 10.8. The summed E-state index contributed by atoms with van der Waals surface area (Å²) in [6.45, 7) is 3.89. The smallest absolute Gasteiger partial charge is 0.264 e. The van der Waals surface area contributed by atoms with Crippen LogP contribution >= 0.6 is 11.8 Å². The molecule has 0 unspecified atom stereocenters. The Hall–Kier alpha value is -4.04. The number of rotatable bonds is 8. The Kier molecular flexibility index (Phi) is 7.94. The molecule has 3 aromatic carbocycles. The number of carbonyl (C=O) groups excluding carboxylic acids is 2. The topological polar surface area (TPSA) is 89.0 Å². The molecule has 1 heterocycles. The van der Waals surface area contributed by atoms with Crippen LogP contribution in [0, 0.1) is 31.6 Å². The zero-order chi connectivity index (χ0) is 31.1. The number of nitrogens with zero attached hydrogens (tertiary/aromatic N) is 1. The fraction of sp³-hybridized carbons (Fsp3) is 0.378. The molecule has 8 heteroatoms. The van der Waals surface area contributed by atoms with E-state index in [1.54, 1.807) is 25.3 Å². The summed E-state index contributed by atoms with van der Waals surface area (Å²) in [5.41, 5.74) is 6.37. The van der Waals surface area contributed by atoms with Gasteiger partial charge in [-0.1, -0.05) is 35.9 Å². The van der Waals surface area contributed by atoms with Crippen molar-refractivity contribution in [3.8, 4) is 11.5 Å². The van der Waals surface area contributed by atoms with Crippen molar-refractivity contribution in [1.82, 2.24) is 5.32 Å². The van der Waals surface area contributed by atoms with Gasteiger partial charge in [0.25, 0.3) is 11.8 Å². The molecule has 0 radical (unpaired) electrons. The molecule has 232 valence electrons. The number of methoxy groups -OCH3 is 1. The molecule has 3 aromatic rings. The summed E-state index contributed by atoms with van der Waals surface area (Å²) in [7, 11) is 1.55. The molecular weight excluding hydrogens is 582 g/mol. The van der Waals surface area contributed by atoms with Crippen LogP contribution in [-0.4, -0.2) is 30.7 Å². The van der Waals surface area contributed by atoms with Gasteiger partial charge in [-0.2, -0.15) is 0 Å². The summed E-state index contributed by atoms with van der Waals surface area (Å²) in [5.74, 6) is 3.19. The summed E-state index contributed by atoms with van der Waals surface area (Å²) in [5, 5.41) is 6.35. The zero-order valence-corrected chi connectivity index (χ0v) is 26.8. The van der Waals surface area contributed by atoms with Crippen molar-refractivity contribution >= 4 is 46.2 Å². The van der Waals surface area contributed by atoms with Crippen LogP contribution in [0.4, 0.5) is 11.4 Å². The molecule has 1 saturated heterocycles. The SMILES string of the molecule is COc1cc(/C=C2/SC(=Nc3ccc(C)cc3C)NC2=O)ccc1OCC(=O)Nc1ccc(C23CC4CC(CC(C4)C2)C3)cc1. The zero-order valence-electron chi connectivity index (χ0n) is 26.0. The quantitative estimate of drug-likeness (QED) is 0.252. The van der Waals surface area contributed by atoms with Crippen LogP contribution in [0.5, 0.6) is 11.5 Å². The lowest BCUT2D eigenvalue weighted by molar-refractivity contribution is -0.118. The molecule has 0 aromatic heterocycles. The van der Waals surface area contributed by atoms with E-state index in [9.17, 15) is 9.59 Å². The third-order valence-electron chi connectivity index (χ3n) is 9.89. The maximum Gasteiger partial charge on any atom is 0.264 e. The van der Waals surface area contributed by atoms with E-state index in [4.69, 9.17) is 9.47 Å². The maximum absolute atomic E-state index is 12.8. The lowest BCUT2D eigenvalue weighted by atomic mass is 9.48. The summed E-state index contributed by atoms with van der Waals surface area (Å²) < 4.78 is 11.4. The van der Waals surface area contributed by atoms with Crippen molar-refractivity contribution in [1.29, 1.82) is 0 Å². The van der Waals surface area contributed by atoms with E-state index < -0.39 is 0 Å². The monoisotopic (exact) mass is 621 g/mol. The van der Waals surface area contributed by atoms with Gasteiger partial charge >= 0.3 is 0 Å². The first kappa shape index (κ1) is 29.7. The van der Waals surface area contributed by atoms with Gasteiger partial charge in [-0.15, -0.1) is 0 Å². The standard InChI is InChI=1S/C37H39N3O4S/c1-22-4-10-30(23(2)12-22)39-36-40-35(42)33(45-36)17-24-5-11-31(32(16-24)43-3)44-21-34(41)38-29-8-6-28(7-9-29)37-18-25-13-26(19-37)15-27(14-25)20-37/h4-12,16-17,25-27H,13-15,18-21H2,1-3H3,(H,38,41)(H,39,40,42)/b33-17+. The number of carbonyl (C=O) groups is 2. The number of thioether (sulfide) groups is 1. The minimum absolute atomic E-state index is 0.149. The lowest BCUT2D eigenvalue weighted by Crippen LogP contribution is -2.48. The Balaban J connectivity index is 0.961. The first-order valence-electron chi connectivity index (χ1n) is 15.8. The highest BCUT2D eigenvalue weighted by molar-refractivity contribution is 8.18. The summed E-state index contributed by atoms with van der Waals surface area (Å²) in [6.07, 6.45) is 10.1. The van der Waals surface area contributed by atoms with Gasteiger partial charge in [0.1, 0.15) is 0 Å². The van der Waals surface area contributed by atoms with Crippen LogP contribution in [0.25, 0.3) is 6.08 Å². The second-order valence-corrected chi connectivity index (χ2v) is 14.3. The van der Waals surface area contributed by atoms with Crippen molar-refractivity contribution in [2.45, 2.75) is 57.8 Å². The first-order chi connectivity index (χ1) is 21.7. The van der Waals surface area contributed by atoms with Crippen molar-refractivity contribution in [2.24, 2.45) is 22.7 Å². The summed E-state index contributed by atoms with van der Waals surface area (Å²) in [4.78, 5) is 30.6. The molecule has 45 heavy (non-hydrogen) atoms.